The molecule has 2 aromatic rings. The first kappa shape index (κ1) is 22.8. The van der Waals surface area contributed by atoms with E-state index in [9.17, 15) is 24.4 Å². The number of phosphoric ester groups is 1. The largest absolute Gasteiger partial charge is 0.625 e. The third-order valence-electron chi connectivity index (χ3n) is 5.45. The molecule has 174 valence electrons. The number of nitrogens with zero attached hydrogens (tertiary/aromatic N) is 1. The molecule has 0 aromatic heterocycles. The number of phosphoric acid groups is 1. The summed E-state index contributed by atoms with van der Waals surface area (Å²) in [6.45, 7) is 3.08. The van der Waals surface area contributed by atoms with Crippen LogP contribution < -0.4 is 9.05 Å². The van der Waals surface area contributed by atoms with Crippen LogP contribution in [0, 0.1) is 11.8 Å². The number of carbonyl (C=O) groups is 2. The molecule has 0 spiro atoms. The lowest BCUT2D eigenvalue weighted by Crippen LogP contribution is -2.63. The van der Waals surface area contributed by atoms with Gasteiger partial charge in [-0.1, -0.05) is 48.0 Å². The Kier molecular flexibility index (Phi) is 6.16. The molecule has 1 amide bonds. The van der Waals surface area contributed by atoms with Gasteiger partial charge in [-0.2, -0.15) is 0 Å². The molecule has 4 rings (SSSR count). The molecule has 33 heavy (non-hydrogen) atoms. The number of rotatable bonds is 9. The fourth-order valence-corrected chi connectivity index (χ4v) is 5.02. The molecule has 0 unspecified atom stereocenters. The highest BCUT2D eigenvalue weighted by Gasteiger charge is 2.61. The first-order chi connectivity index (χ1) is 15.7. The normalized spacial score (nSPS) is 22.9. The standard InChI is InChI=1S/C22H22NO9P/c1-13-18-17(14(2)24)21(25)23(18)19(22(26)27)20(13)29-32-33(28,30-15-9-5-3-6-10-15)31-16-11-7-4-8-12-16/h3-14,17-18,24H,1-2H3,(H,26,27)/t13-,14-,17-,18+/m1/s1. The van der Waals surface area contributed by atoms with Gasteiger partial charge in [-0.15, -0.1) is 0 Å². The third kappa shape index (κ3) is 4.32. The second kappa shape index (κ2) is 8.90. The minimum absolute atomic E-state index is 0.167. The molecule has 2 aromatic carbocycles. The zero-order valence-electron chi connectivity index (χ0n) is 17.7. The van der Waals surface area contributed by atoms with E-state index in [4.69, 9.17) is 18.6 Å². The van der Waals surface area contributed by atoms with Crippen LogP contribution in [0.5, 0.6) is 11.5 Å². The number of benzene rings is 2. The molecule has 0 saturated carbocycles. The highest BCUT2D eigenvalue weighted by Crippen LogP contribution is 2.53. The second-order valence-corrected chi connectivity index (χ2v) is 9.09. The Morgan fingerprint density at radius 1 is 1.03 bits per heavy atom. The highest BCUT2D eigenvalue weighted by atomic mass is 31.2. The number of aliphatic hydroxyl groups is 1. The molecule has 1 saturated heterocycles. The van der Waals surface area contributed by atoms with E-state index in [0.29, 0.717) is 0 Å². The van der Waals surface area contributed by atoms with Crippen molar-refractivity contribution in [2.24, 2.45) is 11.8 Å². The lowest BCUT2D eigenvalue weighted by molar-refractivity contribution is -0.190. The highest BCUT2D eigenvalue weighted by molar-refractivity contribution is 7.49. The van der Waals surface area contributed by atoms with Crippen molar-refractivity contribution in [3.63, 3.8) is 0 Å². The molecule has 4 atom stereocenters. The summed E-state index contributed by atoms with van der Waals surface area (Å²) >= 11 is 0. The van der Waals surface area contributed by atoms with Crippen molar-refractivity contribution in [2.75, 3.05) is 0 Å². The number of carbonyl (C=O) groups excluding carboxylic acids is 1. The fourth-order valence-electron chi connectivity index (χ4n) is 3.99. The summed E-state index contributed by atoms with van der Waals surface area (Å²) in [7, 11) is -4.47. The predicted octanol–water partition coefficient (Wildman–Crippen LogP) is 3.35. The van der Waals surface area contributed by atoms with E-state index in [0.717, 1.165) is 4.90 Å². The quantitative estimate of drug-likeness (QED) is 0.242. The van der Waals surface area contributed by atoms with Crippen LogP contribution in [0.4, 0.5) is 0 Å². The van der Waals surface area contributed by atoms with E-state index >= 15 is 0 Å². The van der Waals surface area contributed by atoms with Gasteiger partial charge in [0.05, 0.1) is 18.1 Å². The lowest BCUT2D eigenvalue weighted by atomic mass is 9.79. The van der Waals surface area contributed by atoms with Crippen molar-refractivity contribution < 1.29 is 43.0 Å². The van der Waals surface area contributed by atoms with Crippen LogP contribution in [0.15, 0.2) is 72.1 Å². The van der Waals surface area contributed by atoms with Crippen LogP contribution in [0.3, 0.4) is 0 Å². The van der Waals surface area contributed by atoms with Crippen LogP contribution in [0.2, 0.25) is 0 Å². The van der Waals surface area contributed by atoms with Crippen LogP contribution in [0.1, 0.15) is 13.8 Å². The number of hydrogen-bond acceptors (Lipinski definition) is 8. The number of β-lactam (4-membered cyclic amide) rings is 1. The molecule has 0 radical (unpaired) electrons. The molecule has 1 fully saturated rings. The number of aliphatic carboxylic acids is 1. The Labute approximate surface area is 189 Å². The minimum Gasteiger partial charge on any atom is -0.476 e. The van der Waals surface area contributed by atoms with Crippen molar-refractivity contribution in [3.8, 4) is 11.5 Å². The van der Waals surface area contributed by atoms with Gasteiger partial charge in [0.1, 0.15) is 11.5 Å². The summed E-state index contributed by atoms with van der Waals surface area (Å²) < 4.78 is 29.4. The fraction of sp³-hybridized carbons (Fsp3) is 0.273. The molecular weight excluding hydrogens is 453 g/mol. The van der Waals surface area contributed by atoms with Crippen LogP contribution in [-0.2, 0) is 23.7 Å². The maximum atomic E-state index is 13.4. The average Bonchev–Trinajstić information content (AvgIpc) is 3.01. The Hall–Kier alpha value is -3.33. The number of amides is 1. The molecule has 2 N–H and O–H groups in total. The molecule has 10 nitrogen and oxygen atoms in total. The maximum absolute atomic E-state index is 13.4. The number of carboxylic acid groups (broad SMARTS) is 1. The van der Waals surface area contributed by atoms with Crippen molar-refractivity contribution in [1.82, 2.24) is 4.90 Å². The van der Waals surface area contributed by atoms with Crippen LogP contribution >= 0.6 is 7.82 Å². The van der Waals surface area contributed by atoms with Crippen molar-refractivity contribution in [2.45, 2.75) is 26.0 Å². The molecule has 2 aliphatic rings. The Morgan fingerprint density at radius 2 is 1.55 bits per heavy atom. The van der Waals surface area contributed by atoms with E-state index in [1.165, 1.54) is 31.2 Å². The van der Waals surface area contributed by atoms with Gasteiger partial charge < -0.3 is 24.1 Å². The van der Waals surface area contributed by atoms with Gasteiger partial charge in [-0.3, -0.25) is 9.69 Å². The number of carboxylic acids is 1. The molecule has 2 aliphatic heterocycles. The van der Waals surface area contributed by atoms with Gasteiger partial charge in [-0.25, -0.2) is 9.36 Å². The SMILES string of the molecule is C[C@@H](O)[C@H]1C(=O)N2C(C(=O)O)=C(OOP(=O)(Oc3ccccc3)Oc3ccccc3)[C@H](C)[C@@H]12. The Morgan fingerprint density at radius 3 is 2.00 bits per heavy atom. The summed E-state index contributed by atoms with van der Waals surface area (Å²) in [6, 6.07) is 15.6. The Balaban J connectivity index is 1.61. The number of fused-ring (bicyclic) bond motifs is 1. The van der Waals surface area contributed by atoms with E-state index in [-0.39, 0.29) is 17.3 Å². The van der Waals surface area contributed by atoms with E-state index in [1.54, 1.807) is 43.3 Å². The maximum Gasteiger partial charge on any atom is 0.625 e. The summed E-state index contributed by atoms with van der Waals surface area (Å²) in [6.07, 6.45) is -0.981. The predicted molar refractivity (Wildman–Crippen MR) is 114 cm³/mol. The summed E-state index contributed by atoms with van der Waals surface area (Å²) in [4.78, 5) is 30.6. The van der Waals surface area contributed by atoms with Gasteiger partial charge in [-0.05, 0) is 31.2 Å². The monoisotopic (exact) mass is 475 g/mol. The lowest BCUT2D eigenvalue weighted by Gasteiger charge is -2.45. The van der Waals surface area contributed by atoms with Crippen LogP contribution in [0.25, 0.3) is 0 Å². The average molecular weight is 475 g/mol. The van der Waals surface area contributed by atoms with Gasteiger partial charge in [0.25, 0.3) is 0 Å². The van der Waals surface area contributed by atoms with Crippen molar-refractivity contribution >= 4 is 19.7 Å². The van der Waals surface area contributed by atoms with Gasteiger partial charge >= 0.3 is 13.8 Å². The van der Waals surface area contributed by atoms with Gasteiger partial charge in [0, 0.05) is 5.92 Å². The number of aliphatic hydroxyl groups excluding tert-OH is 1. The van der Waals surface area contributed by atoms with E-state index in [2.05, 4.69) is 0 Å². The molecule has 11 heteroatoms. The minimum atomic E-state index is -4.47. The summed E-state index contributed by atoms with van der Waals surface area (Å²) in [5.41, 5.74) is -0.444. The first-order valence-corrected chi connectivity index (χ1v) is 11.6. The molecule has 0 aliphatic carbocycles. The second-order valence-electron chi connectivity index (χ2n) is 7.69. The topological polar surface area (TPSA) is 132 Å². The molecule has 2 heterocycles. The Bertz CT molecular complexity index is 1070. The summed E-state index contributed by atoms with van der Waals surface area (Å²) in [5, 5.41) is 19.6. The number of hydrogen-bond donors (Lipinski definition) is 2. The molecule has 0 bridgehead atoms. The van der Waals surface area contributed by atoms with E-state index in [1.807, 2.05) is 0 Å². The zero-order valence-corrected chi connectivity index (χ0v) is 18.6. The summed E-state index contributed by atoms with van der Waals surface area (Å²) in [5.74, 6) is -3.30. The van der Waals surface area contributed by atoms with Gasteiger partial charge in [0.2, 0.25) is 5.91 Å². The first-order valence-electron chi connectivity index (χ1n) is 10.2. The van der Waals surface area contributed by atoms with Crippen LogP contribution in [-0.4, -0.2) is 39.1 Å². The van der Waals surface area contributed by atoms with E-state index < -0.39 is 49.4 Å². The van der Waals surface area contributed by atoms with Gasteiger partial charge in [0.15, 0.2) is 11.5 Å². The smallest absolute Gasteiger partial charge is 0.476 e. The van der Waals surface area contributed by atoms with Crippen molar-refractivity contribution in [1.29, 1.82) is 0 Å². The molecular formula is C22H22NO9P. The zero-order chi connectivity index (χ0) is 23.8. The van der Waals surface area contributed by atoms with Crippen molar-refractivity contribution in [3.05, 3.63) is 72.1 Å². The third-order valence-corrected chi connectivity index (χ3v) is 6.58. The number of para-hydroxylation sites is 2.